The number of anilines is 1. The van der Waals surface area contributed by atoms with Crippen molar-refractivity contribution in [2.75, 3.05) is 31.3 Å². The average molecular weight is 382 g/mol. The highest BCUT2D eigenvalue weighted by molar-refractivity contribution is 7.99. The molecule has 0 amide bonds. The van der Waals surface area contributed by atoms with Gasteiger partial charge < -0.3 is 10.2 Å². The number of hydrogen-bond acceptors (Lipinski definition) is 4. The number of rotatable bonds is 9. The van der Waals surface area contributed by atoms with Crippen molar-refractivity contribution in [1.82, 2.24) is 10.3 Å². The van der Waals surface area contributed by atoms with Crippen LogP contribution in [0.4, 0.5) is 5.69 Å². The average Bonchev–Trinajstić information content (AvgIpc) is 2.70. The van der Waals surface area contributed by atoms with Gasteiger partial charge in [0.05, 0.1) is 13.2 Å². The first-order chi connectivity index (χ1) is 13.1. The van der Waals surface area contributed by atoms with Crippen molar-refractivity contribution >= 4 is 23.5 Å². The van der Waals surface area contributed by atoms with Crippen molar-refractivity contribution in [3.05, 3.63) is 78.3 Å². The topological polar surface area (TPSA) is 32.0 Å². The molecule has 0 saturated carbocycles. The standard InChI is InChI=1S/C22H29N4S/c1-5-19(13-15-23-2)7-8-20-9-11-21(12-10-20)25(3)17-18-27-22-24-14-6-16-26(22)4/h5-16,23H,17-18H2,1-4H3/q+1/b8-7+,15-13-,19-5-. The van der Waals surface area contributed by atoms with Gasteiger partial charge in [0.2, 0.25) is 0 Å². The lowest BCUT2D eigenvalue weighted by atomic mass is 10.1. The molecule has 1 aromatic heterocycles. The summed E-state index contributed by atoms with van der Waals surface area (Å²) in [6, 6.07) is 10.6. The second-order valence-electron chi connectivity index (χ2n) is 6.12. The normalized spacial score (nSPS) is 12.1. The van der Waals surface area contributed by atoms with Crippen molar-refractivity contribution in [2.45, 2.75) is 12.1 Å². The van der Waals surface area contributed by atoms with Gasteiger partial charge in [0.25, 0.3) is 0 Å². The predicted octanol–water partition coefficient (Wildman–Crippen LogP) is 3.83. The minimum absolute atomic E-state index is 0.966. The van der Waals surface area contributed by atoms with Crippen LogP contribution in [0.2, 0.25) is 0 Å². The first-order valence-electron chi connectivity index (χ1n) is 9.07. The van der Waals surface area contributed by atoms with Crippen LogP contribution in [0, 0.1) is 0 Å². The molecule has 0 aliphatic carbocycles. The fourth-order valence-electron chi connectivity index (χ4n) is 2.43. The molecule has 0 unspecified atom stereocenters. The maximum Gasteiger partial charge on any atom is 0.358 e. The summed E-state index contributed by atoms with van der Waals surface area (Å²) in [7, 11) is 6.06. The quantitative estimate of drug-likeness (QED) is 0.310. The second-order valence-corrected chi connectivity index (χ2v) is 7.18. The van der Waals surface area contributed by atoms with Gasteiger partial charge in [-0.1, -0.05) is 30.4 Å². The third-order valence-corrected chi connectivity index (χ3v) is 5.16. The molecule has 0 aliphatic heterocycles. The number of thioether (sulfide) groups is 1. The summed E-state index contributed by atoms with van der Waals surface area (Å²) < 4.78 is 2.05. The zero-order chi connectivity index (χ0) is 19.5. The number of aromatic nitrogens is 2. The Balaban J connectivity index is 1.88. The van der Waals surface area contributed by atoms with Gasteiger partial charge in [-0.3, -0.25) is 0 Å². The summed E-state index contributed by atoms with van der Waals surface area (Å²) >= 11 is 1.77. The van der Waals surface area contributed by atoms with E-state index in [1.807, 2.05) is 45.7 Å². The largest absolute Gasteiger partial charge is 0.394 e. The van der Waals surface area contributed by atoms with Crippen LogP contribution < -0.4 is 14.8 Å². The molecule has 0 aliphatic rings. The molecule has 0 fully saturated rings. The summed E-state index contributed by atoms with van der Waals surface area (Å²) in [5.41, 5.74) is 3.59. The van der Waals surface area contributed by atoms with Crippen LogP contribution in [0.15, 0.2) is 77.9 Å². The number of allylic oxidation sites excluding steroid dienone is 4. The van der Waals surface area contributed by atoms with Crippen LogP contribution in [-0.2, 0) is 7.05 Å². The lowest BCUT2D eigenvalue weighted by Crippen LogP contribution is -2.31. The zero-order valence-corrected chi connectivity index (χ0v) is 17.4. The number of nitrogens with one attached hydrogen (secondary N) is 1. The third kappa shape index (κ3) is 6.94. The monoisotopic (exact) mass is 381 g/mol. The lowest BCUT2D eigenvalue weighted by Gasteiger charge is -2.18. The second kappa shape index (κ2) is 11.2. The van der Waals surface area contributed by atoms with Crippen LogP contribution in [-0.4, -0.2) is 31.4 Å². The van der Waals surface area contributed by atoms with Gasteiger partial charge in [-0.15, -0.1) is 0 Å². The van der Waals surface area contributed by atoms with E-state index in [2.05, 4.69) is 75.4 Å². The van der Waals surface area contributed by atoms with Crippen molar-refractivity contribution in [3.8, 4) is 0 Å². The van der Waals surface area contributed by atoms with Gasteiger partial charge in [-0.05, 0) is 59.2 Å². The molecule has 0 bridgehead atoms. The van der Waals surface area contributed by atoms with Crippen molar-refractivity contribution in [2.24, 2.45) is 7.05 Å². The number of hydrogen-bond donors (Lipinski definition) is 1. The Bertz CT molecular complexity index is 794. The van der Waals surface area contributed by atoms with E-state index in [4.69, 9.17) is 0 Å². The maximum absolute atomic E-state index is 4.41. The highest BCUT2D eigenvalue weighted by Gasteiger charge is 2.09. The highest BCUT2D eigenvalue weighted by atomic mass is 32.2. The smallest absolute Gasteiger partial charge is 0.358 e. The van der Waals surface area contributed by atoms with Gasteiger partial charge in [-0.2, -0.15) is 0 Å². The molecule has 2 rings (SSSR count). The Hall–Kier alpha value is -2.53. The molecule has 27 heavy (non-hydrogen) atoms. The van der Waals surface area contributed by atoms with Crippen LogP contribution in [0.5, 0.6) is 0 Å². The van der Waals surface area contributed by atoms with E-state index in [1.54, 1.807) is 11.8 Å². The molecular weight excluding hydrogens is 352 g/mol. The fourth-order valence-corrected chi connectivity index (χ4v) is 3.38. The SMILES string of the molecule is C/C=C(\C=C/NC)/C=C/c1ccc(N(C)CCSc2nccc[n+]2C)cc1. The van der Waals surface area contributed by atoms with E-state index in [9.17, 15) is 0 Å². The van der Waals surface area contributed by atoms with Crippen LogP contribution in [0.1, 0.15) is 12.5 Å². The number of aryl methyl sites for hydroxylation is 1. The lowest BCUT2D eigenvalue weighted by molar-refractivity contribution is -0.713. The molecule has 1 aromatic carbocycles. The third-order valence-electron chi connectivity index (χ3n) is 4.12. The summed E-state index contributed by atoms with van der Waals surface area (Å²) in [4.78, 5) is 6.68. The van der Waals surface area contributed by atoms with E-state index in [-0.39, 0.29) is 0 Å². The Labute approximate surface area is 167 Å². The number of benzene rings is 1. The van der Waals surface area contributed by atoms with E-state index < -0.39 is 0 Å². The molecule has 4 nitrogen and oxygen atoms in total. The number of nitrogens with zero attached hydrogens (tertiary/aromatic N) is 3. The molecule has 0 radical (unpaired) electrons. The van der Waals surface area contributed by atoms with E-state index in [0.717, 1.165) is 17.5 Å². The first-order valence-corrected chi connectivity index (χ1v) is 10.1. The van der Waals surface area contributed by atoms with Crippen molar-refractivity contribution in [3.63, 3.8) is 0 Å². The van der Waals surface area contributed by atoms with Crippen molar-refractivity contribution in [1.29, 1.82) is 0 Å². The van der Waals surface area contributed by atoms with Gasteiger partial charge in [0.15, 0.2) is 0 Å². The first kappa shape index (κ1) is 20.8. The Morgan fingerprint density at radius 3 is 2.70 bits per heavy atom. The molecule has 0 atom stereocenters. The summed E-state index contributed by atoms with van der Waals surface area (Å²) in [6.07, 6.45) is 14.2. The van der Waals surface area contributed by atoms with Crippen LogP contribution >= 0.6 is 11.8 Å². The Kier molecular flexibility index (Phi) is 8.65. The molecule has 1 N–H and O–H groups in total. The minimum Gasteiger partial charge on any atom is -0.394 e. The van der Waals surface area contributed by atoms with Crippen molar-refractivity contribution < 1.29 is 4.57 Å². The van der Waals surface area contributed by atoms with Gasteiger partial charge >= 0.3 is 5.16 Å². The minimum atomic E-state index is 0.966. The molecular formula is C22H29N4S+. The molecule has 1 heterocycles. The molecule has 142 valence electrons. The maximum atomic E-state index is 4.41. The summed E-state index contributed by atoms with van der Waals surface area (Å²) in [5, 5.41) is 4.05. The molecule has 0 saturated heterocycles. The van der Waals surface area contributed by atoms with E-state index in [1.165, 1.54) is 16.8 Å². The van der Waals surface area contributed by atoms with Crippen LogP contribution in [0.25, 0.3) is 6.08 Å². The summed E-state index contributed by atoms with van der Waals surface area (Å²) in [6.45, 7) is 3.01. The highest BCUT2D eigenvalue weighted by Crippen LogP contribution is 2.17. The predicted molar refractivity (Wildman–Crippen MR) is 117 cm³/mol. The van der Waals surface area contributed by atoms with Crippen LogP contribution in [0.3, 0.4) is 0 Å². The van der Waals surface area contributed by atoms with Gasteiger partial charge in [0.1, 0.15) is 6.20 Å². The molecule has 5 heteroatoms. The zero-order valence-electron chi connectivity index (χ0n) is 16.6. The van der Waals surface area contributed by atoms with Gasteiger partial charge in [-0.25, -0.2) is 4.57 Å². The fraction of sp³-hybridized carbons (Fsp3) is 0.273. The van der Waals surface area contributed by atoms with E-state index in [0.29, 0.717) is 0 Å². The Morgan fingerprint density at radius 2 is 2.04 bits per heavy atom. The molecule has 2 aromatic rings. The van der Waals surface area contributed by atoms with Gasteiger partial charge in [0, 0.05) is 38.1 Å². The Morgan fingerprint density at radius 1 is 1.26 bits per heavy atom. The van der Waals surface area contributed by atoms with E-state index >= 15 is 0 Å². The summed E-state index contributed by atoms with van der Waals surface area (Å²) in [5.74, 6) is 0.992. The molecule has 0 spiro atoms.